The molecule has 0 spiro atoms. The van der Waals surface area contributed by atoms with Crippen LogP contribution in [0.15, 0.2) is 54.6 Å². The monoisotopic (exact) mass is 369 g/mol. The summed E-state index contributed by atoms with van der Waals surface area (Å²) in [7, 11) is 0. The first-order chi connectivity index (χ1) is 12.6. The number of amides is 1. The van der Waals surface area contributed by atoms with Gasteiger partial charge in [-0.1, -0.05) is 35.9 Å². The SMILES string of the molecule is O=C(c1cc(-c2ccccc2F)nn1-c1ccccc1Cl)N1CCCC1. The molecule has 0 radical (unpaired) electrons. The van der Waals surface area contributed by atoms with Gasteiger partial charge in [-0.3, -0.25) is 4.79 Å². The number of halogens is 2. The van der Waals surface area contributed by atoms with Crippen molar-refractivity contribution in [1.82, 2.24) is 14.7 Å². The predicted octanol–water partition coefficient (Wildman–Crippen LogP) is 4.57. The lowest BCUT2D eigenvalue weighted by molar-refractivity contribution is 0.0784. The third kappa shape index (κ3) is 2.99. The molecule has 0 bridgehead atoms. The number of benzene rings is 2. The Balaban J connectivity index is 1.87. The second kappa shape index (κ2) is 6.92. The van der Waals surface area contributed by atoms with Crippen molar-refractivity contribution in [3.8, 4) is 16.9 Å². The van der Waals surface area contributed by atoms with Crippen LogP contribution in [0, 0.1) is 5.82 Å². The van der Waals surface area contributed by atoms with Gasteiger partial charge in [-0.25, -0.2) is 9.07 Å². The van der Waals surface area contributed by atoms with Gasteiger partial charge in [0.15, 0.2) is 0 Å². The van der Waals surface area contributed by atoms with E-state index in [9.17, 15) is 9.18 Å². The van der Waals surface area contributed by atoms with Crippen LogP contribution in [0.5, 0.6) is 0 Å². The largest absolute Gasteiger partial charge is 0.337 e. The van der Waals surface area contributed by atoms with Crippen molar-refractivity contribution in [2.24, 2.45) is 0 Å². The van der Waals surface area contributed by atoms with Crippen LogP contribution in [-0.2, 0) is 0 Å². The lowest BCUT2D eigenvalue weighted by Gasteiger charge is -2.16. The lowest BCUT2D eigenvalue weighted by atomic mass is 10.1. The predicted molar refractivity (Wildman–Crippen MR) is 99.1 cm³/mol. The number of hydrogen-bond acceptors (Lipinski definition) is 2. The summed E-state index contributed by atoms with van der Waals surface area (Å²) in [4.78, 5) is 14.8. The van der Waals surface area contributed by atoms with Crippen molar-refractivity contribution in [3.63, 3.8) is 0 Å². The van der Waals surface area contributed by atoms with Crippen molar-refractivity contribution >= 4 is 17.5 Å². The normalized spacial score (nSPS) is 14.0. The average Bonchev–Trinajstić information content (AvgIpc) is 3.32. The van der Waals surface area contributed by atoms with E-state index in [0.717, 1.165) is 25.9 Å². The Morgan fingerprint density at radius 1 is 1.04 bits per heavy atom. The summed E-state index contributed by atoms with van der Waals surface area (Å²) in [5.41, 5.74) is 1.75. The highest BCUT2D eigenvalue weighted by atomic mass is 35.5. The number of hydrogen-bond donors (Lipinski definition) is 0. The maximum absolute atomic E-state index is 14.2. The highest BCUT2D eigenvalue weighted by Gasteiger charge is 2.26. The van der Waals surface area contributed by atoms with Gasteiger partial charge in [-0.2, -0.15) is 5.10 Å². The highest BCUT2D eigenvalue weighted by molar-refractivity contribution is 6.32. The molecule has 0 aliphatic carbocycles. The molecule has 2 heterocycles. The third-order valence-electron chi connectivity index (χ3n) is 4.55. The van der Waals surface area contributed by atoms with Gasteiger partial charge in [0.2, 0.25) is 0 Å². The van der Waals surface area contributed by atoms with Gasteiger partial charge >= 0.3 is 0 Å². The van der Waals surface area contributed by atoms with E-state index >= 15 is 0 Å². The van der Waals surface area contributed by atoms with E-state index in [2.05, 4.69) is 5.10 Å². The van der Waals surface area contributed by atoms with Crippen LogP contribution in [0.1, 0.15) is 23.3 Å². The van der Waals surface area contributed by atoms with Crippen molar-refractivity contribution < 1.29 is 9.18 Å². The molecule has 0 atom stereocenters. The Kier molecular flexibility index (Phi) is 4.47. The summed E-state index contributed by atoms with van der Waals surface area (Å²) in [5.74, 6) is -0.492. The van der Waals surface area contributed by atoms with Crippen LogP contribution >= 0.6 is 11.6 Å². The minimum Gasteiger partial charge on any atom is -0.337 e. The minimum atomic E-state index is -0.378. The summed E-state index contributed by atoms with van der Waals surface area (Å²) in [6.07, 6.45) is 1.98. The second-order valence-corrected chi connectivity index (χ2v) is 6.66. The summed E-state index contributed by atoms with van der Waals surface area (Å²) in [5, 5.41) is 4.99. The molecule has 1 amide bonds. The van der Waals surface area contributed by atoms with Gasteiger partial charge in [-0.15, -0.1) is 0 Å². The number of likely N-dealkylation sites (tertiary alicyclic amines) is 1. The number of carbonyl (C=O) groups is 1. The topological polar surface area (TPSA) is 38.1 Å². The van der Waals surface area contributed by atoms with E-state index in [0.29, 0.717) is 27.7 Å². The van der Waals surface area contributed by atoms with Crippen LogP contribution in [0.4, 0.5) is 4.39 Å². The Bertz CT molecular complexity index is 963. The molecule has 0 saturated carbocycles. The van der Waals surface area contributed by atoms with Crippen LogP contribution in [0.3, 0.4) is 0 Å². The quantitative estimate of drug-likeness (QED) is 0.678. The zero-order chi connectivity index (χ0) is 18.1. The fraction of sp³-hybridized carbons (Fsp3) is 0.200. The molecule has 1 saturated heterocycles. The van der Waals surface area contributed by atoms with E-state index in [1.807, 2.05) is 12.1 Å². The average molecular weight is 370 g/mol. The molecule has 4 rings (SSSR count). The lowest BCUT2D eigenvalue weighted by Crippen LogP contribution is -2.29. The standard InChI is InChI=1S/C20H17ClFN3O/c21-15-8-2-4-10-18(15)25-19(20(26)24-11-5-6-12-24)13-17(23-25)14-7-1-3-9-16(14)22/h1-4,7-10,13H,5-6,11-12H2. The molecule has 1 aromatic heterocycles. The first kappa shape index (κ1) is 16.8. The van der Waals surface area contributed by atoms with Crippen LogP contribution < -0.4 is 0 Å². The number of carbonyl (C=O) groups excluding carboxylic acids is 1. The second-order valence-electron chi connectivity index (χ2n) is 6.26. The van der Waals surface area contributed by atoms with Gasteiger partial charge in [0.05, 0.1) is 16.4 Å². The molecule has 6 heteroatoms. The van der Waals surface area contributed by atoms with Crippen LogP contribution in [0.25, 0.3) is 16.9 Å². The van der Waals surface area contributed by atoms with Crippen molar-refractivity contribution in [2.45, 2.75) is 12.8 Å². The fourth-order valence-electron chi connectivity index (χ4n) is 3.22. The van der Waals surface area contributed by atoms with Gasteiger partial charge in [-0.05, 0) is 43.2 Å². The first-order valence-corrected chi connectivity index (χ1v) is 8.92. The van der Waals surface area contributed by atoms with Gasteiger partial charge in [0.25, 0.3) is 5.91 Å². The van der Waals surface area contributed by atoms with Crippen molar-refractivity contribution in [2.75, 3.05) is 13.1 Å². The number of rotatable bonds is 3. The molecule has 132 valence electrons. The van der Waals surface area contributed by atoms with Gasteiger partial charge in [0.1, 0.15) is 11.5 Å². The third-order valence-corrected chi connectivity index (χ3v) is 4.87. The molecular weight excluding hydrogens is 353 g/mol. The molecular formula is C20H17ClFN3O. The Morgan fingerprint density at radius 3 is 2.46 bits per heavy atom. The Labute approximate surface area is 155 Å². The molecule has 0 unspecified atom stereocenters. The van der Waals surface area contributed by atoms with Crippen molar-refractivity contribution in [1.29, 1.82) is 0 Å². The van der Waals surface area contributed by atoms with Crippen LogP contribution in [-0.4, -0.2) is 33.7 Å². The van der Waals surface area contributed by atoms with E-state index in [1.54, 1.807) is 41.3 Å². The molecule has 0 N–H and O–H groups in total. The van der Waals surface area contributed by atoms with Crippen molar-refractivity contribution in [3.05, 3.63) is 71.1 Å². The van der Waals surface area contributed by atoms with Gasteiger partial charge in [0, 0.05) is 18.7 Å². The van der Waals surface area contributed by atoms with E-state index in [-0.39, 0.29) is 11.7 Å². The summed E-state index contributed by atoms with van der Waals surface area (Å²) in [6, 6.07) is 15.2. The van der Waals surface area contributed by atoms with E-state index in [1.165, 1.54) is 10.7 Å². The van der Waals surface area contributed by atoms with E-state index < -0.39 is 0 Å². The number of aromatic nitrogens is 2. The summed E-state index contributed by atoms with van der Waals surface area (Å²) in [6.45, 7) is 1.45. The fourth-order valence-corrected chi connectivity index (χ4v) is 3.44. The molecule has 1 fully saturated rings. The maximum Gasteiger partial charge on any atom is 0.272 e. The summed E-state index contributed by atoms with van der Waals surface area (Å²) >= 11 is 6.32. The zero-order valence-electron chi connectivity index (χ0n) is 14.0. The molecule has 4 nitrogen and oxygen atoms in total. The zero-order valence-corrected chi connectivity index (χ0v) is 14.8. The Hall–Kier alpha value is -2.66. The molecule has 3 aromatic rings. The summed E-state index contributed by atoms with van der Waals surface area (Å²) < 4.78 is 15.7. The molecule has 2 aromatic carbocycles. The molecule has 1 aliphatic heterocycles. The first-order valence-electron chi connectivity index (χ1n) is 8.54. The van der Waals surface area contributed by atoms with Gasteiger partial charge < -0.3 is 4.90 Å². The smallest absolute Gasteiger partial charge is 0.272 e. The maximum atomic E-state index is 14.2. The molecule has 26 heavy (non-hydrogen) atoms. The highest BCUT2D eigenvalue weighted by Crippen LogP contribution is 2.28. The van der Waals surface area contributed by atoms with E-state index in [4.69, 9.17) is 11.6 Å². The van der Waals surface area contributed by atoms with Crippen LogP contribution in [0.2, 0.25) is 5.02 Å². The Morgan fingerprint density at radius 2 is 1.73 bits per heavy atom. The number of para-hydroxylation sites is 1. The molecule has 1 aliphatic rings. The minimum absolute atomic E-state index is 0.113. The number of nitrogens with zero attached hydrogens (tertiary/aromatic N) is 3.